The van der Waals surface area contributed by atoms with Gasteiger partial charge in [-0.1, -0.05) is 30.1 Å². The highest BCUT2D eigenvalue weighted by atomic mass is 35.5. The Bertz CT molecular complexity index is 918. The number of carbonyl (C=O) groups is 1. The number of methoxy groups -OCH3 is 1. The standard InChI is InChI=1S/C21H20Cl2N2O3/c1-4-13(2)28-20-18(23)10-14(11-19(20)27-3)9-15(12-24)21(26)25-17-7-5-16(22)6-8-17/h5-11,13H,4H2,1-3H3,(H,25,26)/b15-9-/t13-/m1/s1. The first-order valence-corrected chi connectivity index (χ1v) is 9.36. The molecule has 1 atom stereocenters. The van der Waals surface area contributed by atoms with Crippen LogP contribution >= 0.6 is 23.2 Å². The predicted molar refractivity (Wildman–Crippen MR) is 112 cm³/mol. The van der Waals surface area contributed by atoms with E-state index in [1.807, 2.05) is 19.9 Å². The van der Waals surface area contributed by atoms with E-state index in [2.05, 4.69) is 5.32 Å². The molecule has 0 unspecified atom stereocenters. The summed E-state index contributed by atoms with van der Waals surface area (Å²) in [6.07, 6.45) is 2.21. The van der Waals surface area contributed by atoms with E-state index >= 15 is 0 Å². The van der Waals surface area contributed by atoms with Crippen LogP contribution in [0, 0.1) is 11.3 Å². The molecule has 0 aromatic heterocycles. The van der Waals surface area contributed by atoms with Gasteiger partial charge < -0.3 is 14.8 Å². The molecule has 0 aliphatic carbocycles. The molecule has 5 nitrogen and oxygen atoms in total. The van der Waals surface area contributed by atoms with Gasteiger partial charge in [0.05, 0.1) is 18.2 Å². The van der Waals surface area contributed by atoms with Gasteiger partial charge in [0, 0.05) is 10.7 Å². The maximum absolute atomic E-state index is 12.4. The van der Waals surface area contributed by atoms with Crippen molar-refractivity contribution in [2.24, 2.45) is 0 Å². The monoisotopic (exact) mass is 418 g/mol. The minimum Gasteiger partial charge on any atom is -0.493 e. The molecule has 1 N–H and O–H groups in total. The van der Waals surface area contributed by atoms with Crippen LogP contribution in [0.3, 0.4) is 0 Å². The van der Waals surface area contributed by atoms with Gasteiger partial charge in [-0.2, -0.15) is 5.26 Å². The molecule has 28 heavy (non-hydrogen) atoms. The van der Waals surface area contributed by atoms with Gasteiger partial charge in [-0.15, -0.1) is 0 Å². The van der Waals surface area contributed by atoms with Crippen LogP contribution in [-0.2, 0) is 4.79 Å². The van der Waals surface area contributed by atoms with Crippen molar-refractivity contribution in [3.05, 3.63) is 57.6 Å². The number of amides is 1. The fourth-order valence-corrected chi connectivity index (χ4v) is 2.66. The van der Waals surface area contributed by atoms with Crippen molar-refractivity contribution in [2.75, 3.05) is 12.4 Å². The number of halogens is 2. The van der Waals surface area contributed by atoms with Crippen molar-refractivity contribution < 1.29 is 14.3 Å². The third-order valence-electron chi connectivity index (χ3n) is 3.92. The highest BCUT2D eigenvalue weighted by molar-refractivity contribution is 6.32. The summed E-state index contributed by atoms with van der Waals surface area (Å²) in [5.74, 6) is 0.314. The first-order valence-electron chi connectivity index (χ1n) is 8.60. The Labute approximate surface area is 174 Å². The molecule has 0 saturated carbocycles. The Hall–Kier alpha value is -2.68. The predicted octanol–water partition coefficient (Wildman–Crippen LogP) is 5.72. The van der Waals surface area contributed by atoms with Crippen LogP contribution in [-0.4, -0.2) is 19.1 Å². The quantitative estimate of drug-likeness (QED) is 0.460. The number of benzene rings is 2. The van der Waals surface area contributed by atoms with E-state index in [0.717, 1.165) is 6.42 Å². The summed E-state index contributed by atoms with van der Waals surface area (Å²) < 4.78 is 11.2. The van der Waals surface area contributed by atoms with Crippen molar-refractivity contribution in [3.63, 3.8) is 0 Å². The van der Waals surface area contributed by atoms with Crippen LogP contribution in [0.4, 0.5) is 5.69 Å². The Kier molecular flexibility index (Phi) is 7.74. The van der Waals surface area contributed by atoms with Crippen molar-refractivity contribution in [2.45, 2.75) is 26.4 Å². The van der Waals surface area contributed by atoms with Gasteiger partial charge in [0.2, 0.25) is 0 Å². The molecule has 7 heteroatoms. The van der Waals surface area contributed by atoms with Gasteiger partial charge >= 0.3 is 0 Å². The summed E-state index contributed by atoms with van der Waals surface area (Å²) in [6.45, 7) is 3.93. The normalized spacial score (nSPS) is 12.1. The smallest absolute Gasteiger partial charge is 0.266 e. The molecule has 0 fully saturated rings. The van der Waals surface area contributed by atoms with Crippen LogP contribution in [0.1, 0.15) is 25.8 Å². The number of hydrogen-bond donors (Lipinski definition) is 1. The van der Waals surface area contributed by atoms with Crippen molar-refractivity contribution in [1.29, 1.82) is 5.26 Å². The first kappa shape index (κ1) is 21.6. The number of nitrogens with zero attached hydrogens (tertiary/aromatic N) is 1. The minimum atomic E-state index is -0.542. The highest BCUT2D eigenvalue weighted by Gasteiger charge is 2.16. The van der Waals surface area contributed by atoms with Crippen molar-refractivity contribution in [3.8, 4) is 17.6 Å². The Morgan fingerprint density at radius 2 is 1.96 bits per heavy atom. The average molecular weight is 419 g/mol. The molecule has 0 heterocycles. The molecule has 146 valence electrons. The molecule has 0 bridgehead atoms. The van der Waals surface area contributed by atoms with Gasteiger partial charge in [-0.05, 0) is 61.4 Å². The van der Waals surface area contributed by atoms with Gasteiger partial charge in [0.25, 0.3) is 5.91 Å². The van der Waals surface area contributed by atoms with E-state index in [0.29, 0.717) is 32.8 Å². The molecule has 2 rings (SSSR count). The molecule has 0 aliphatic rings. The topological polar surface area (TPSA) is 71.3 Å². The Balaban J connectivity index is 2.30. The van der Waals surface area contributed by atoms with Crippen LogP contribution in [0.15, 0.2) is 42.0 Å². The summed E-state index contributed by atoms with van der Waals surface area (Å²) in [6, 6.07) is 11.8. The SMILES string of the molecule is CC[C@@H](C)Oc1c(Cl)cc(/C=C(/C#N)C(=O)Nc2ccc(Cl)cc2)cc1OC. The number of anilines is 1. The maximum atomic E-state index is 12.4. The largest absolute Gasteiger partial charge is 0.493 e. The summed E-state index contributed by atoms with van der Waals surface area (Å²) in [5.41, 5.74) is 0.994. The van der Waals surface area contributed by atoms with Crippen LogP contribution in [0.2, 0.25) is 10.0 Å². The van der Waals surface area contributed by atoms with E-state index in [1.165, 1.54) is 13.2 Å². The van der Waals surface area contributed by atoms with Crippen molar-refractivity contribution >= 4 is 40.9 Å². The summed E-state index contributed by atoms with van der Waals surface area (Å²) in [7, 11) is 1.50. The van der Waals surface area contributed by atoms with Crippen LogP contribution < -0.4 is 14.8 Å². The molecule has 0 radical (unpaired) electrons. The van der Waals surface area contributed by atoms with E-state index in [9.17, 15) is 10.1 Å². The number of nitrogens with one attached hydrogen (secondary N) is 1. The second kappa shape index (κ2) is 10.0. The number of carbonyl (C=O) groups excluding carboxylic acids is 1. The number of ether oxygens (including phenoxy) is 2. The molecule has 2 aromatic rings. The number of hydrogen-bond acceptors (Lipinski definition) is 4. The fourth-order valence-electron chi connectivity index (χ4n) is 2.27. The van der Waals surface area contributed by atoms with E-state index in [1.54, 1.807) is 36.4 Å². The number of nitriles is 1. The number of rotatable bonds is 7. The maximum Gasteiger partial charge on any atom is 0.266 e. The zero-order valence-corrected chi connectivity index (χ0v) is 17.3. The third-order valence-corrected chi connectivity index (χ3v) is 4.46. The average Bonchev–Trinajstić information content (AvgIpc) is 2.69. The zero-order valence-electron chi connectivity index (χ0n) is 15.8. The first-order chi connectivity index (χ1) is 13.4. The lowest BCUT2D eigenvalue weighted by Crippen LogP contribution is -2.13. The minimum absolute atomic E-state index is 0.0346. The van der Waals surface area contributed by atoms with E-state index in [-0.39, 0.29) is 11.7 Å². The van der Waals surface area contributed by atoms with E-state index < -0.39 is 5.91 Å². The van der Waals surface area contributed by atoms with Gasteiger partial charge in [-0.3, -0.25) is 4.79 Å². The summed E-state index contributed by atoms with van der Waals surface area (Å²) in [4.78, 5) is 12.4. The molecule has 0 saturated heterocycles. The molecule has 2 aromatic carbocycles. The lowest BCUT2D eigenvalue weighted by Gasteiger charge is -2.17. The van der Waals surface area contributed by atoms with Crippen LogP contribution in [0.25, 0.3) is 6.08 Å². The Morgan fingerprint density at radius 3 is 2.54 bits per heavy atom. The molecule has 0 spiro atoms. The fraction of sp³-hybridized carbons (Fsp3) is 0.238. The molecular formula is C21H20Cl2N2O3. The van der Waals surface area contributed by atoms with Gasteiger partial charge in [0.1, 0.15) is 11.6 Å². The lowest BCUT2D eigenvalue weighted by atomic mass is 10.1. The van der Waals surface area contributed by atoms with Gasteiger partial charge in [-0.25, -0.2) is 0 Å². The van der Waals surface area contributed by atoms with Crippen LogP contribution in [0.5, 0.6) is 11.5 Å². The summed E-state index contributed by atoms with van der Waals surface area (Å²) >= 11 is 12.2. The molecule has 1 amide bonds. The summed E-state index contributed by atoms with van der Waals surface area (Å²) in [5, 5.41) is 12.9. The van der Waals surface area contributed by atoms with E-state index in [4.69, 9.17) is 32.7 Å². The zero-order chi connectivity index (χ0) is 20.7. The highest BCUT2D eigenvalue weighted by Crippen LogP contribution is 2.38. The second-order valence-corrected chi connectivity index (χ2v) is 6.85. The van der Waals surface area contributed by atoms with Gasteiger partial charge in [0.15, 0.2) is 11.5 Å². The third kappa shape index (κ3) is 5.66. The Morgan fingerprint density at radius 1 is 1.29 bits per heavy atom. The second-order valence-electron chi connectivity index (χ2n) is 6.00. The molecule has 0 aliphatic heterocycles. The lowest BCUT2D eigenvalue weighted by molar-refractivity contribution is -0.112. The molecular weight excluding hydrogens is 399 g/mol. The van der Waals surface area contributed by atoms with Crippen molar-refractivity contribution in [1.82, 2.24) is 0 Å².